The van der Waals surface area contributed by atoms with Crippen LogP contribution in [0.3, 0.4) is 0 Å². The van der Waals surface area contributed by atoms with E-state index in [9.17, 15) is 4.79 Å². The highest BCUT2D eigenvalue weighted by Crippen LogP contribution is 2.34. The van der Waals surface area contributed by atoms with Gasteiger partial charge in [-0.1, -0.05) is 64.6 Å². The van der Waals surface area contributed by atoms with Crippen molar-refractivity contribution in [3.05, 3.63) is 47.5 Å². The van der Waals surface area contributed by atoms with Crippen LogP contribution in [0.15, 0.2) is 30.9 Å². The van der Waals surface area contributed by atoms with Crippen molar-refractivity contribution in [3.63, 3.8) is 0 Å². The first-order chi connectivity index (χ1) is 8.77. The first kappa shape index (κ1) is 16.4. The Balaban J connectivity index is 0.000000659. The van der Waals surface area contributed by atoms with Gasteiger partial charge in [0.2, 0.25) is 0 Å². The third-order valence-corrected chi connectivity index (χ3v) is 2.64. The van der Waals surface area contributed by atoms with Crippen LogP contribution >= 0.6 is 0 Å². The molecular weight excluding hydrogens is 220 g/mol. The lowest BCUT2D eigenvalue weighted by atomic mass is 10.0. The summed E-state index contributed by atoms with van der Waals surface area (Å²) in [5.74, 6) is 0.219. The summed E-state index contributed by atoms with van der Waals surface area (Å²) < 4.78 is 0. The molecule has 1 nitrogen and oxygen atoms in total. The highest BCUT2D eigenvalue weighted by Gasteiger charge is 2.24. The molecule has 0 aliphatic heterocycles. The Kier molecular flexibility index (Phi) is 7.69. The number of hydrogen-bond acceptors (Lipinski definition) is 1. The molecule has 0 atom stereocenters. The quantitative estimate of drug-likeness (QED) is 0.649. The summed E-state index contributed by atoms with van der Waals surface area (Å²) >= 11 is 0. The molecule has 1 aliphatic rings. The lowest BCUT2D eigenvalue weighted by Gasteiger charge is -2.03. The van der Waals surface area contributed by atoms with Crippen LogP contribution in [0.1, 0.15) is 62.5 Å². The zero-order valence-corrected chi connectivity index (χ0v) is 12.2. The maximum Gasteiger partial charge on any atom is 0.167 e. The van der Waals surface area contributed by atoms with E-state index in [0.717, 1.165) is 22.3 Å². The fourth-order valence-electron chi connectivity index (χ4n) is 1.93. The van der Waals surface area contributed by atoms with Crippen molar-refractivity contribution in [2.75, 3.05) is 0 Å². The third-order valence-electron chi connectivity index (χ3n) is 2.64. The highest BCUT2D eigenvalue weighted by atomic mass is 16.1. The predicted octanol–water partition coefficient (Wildman–Crippen LogP) is 5.37. The van der Waals surface area contributed by atoms with Crippen molar-refractivity contribution in [2.24, 2.45) is 0 Å². The zero-order valence-electron chi connectivity index (χ0n) is 12.2. The summed E-state index contributed by atoms with van der Waals surface area (Å²) in [6.07, 6.45) is 4.36. The molecule has 0 saturated carbocycles. The van der Waals surface area contributed by atoms with E-state index in [1.807, 2.05) is 58.9 Å². The van der Waals surface area contributed by atoms with Gasteiger partial charge >= 0.3 is 0 Å². The molecule has 18 heavy (non-hydrogen) atoms. The SMILES string of the molecule is C=Cc1cccc2c1/C(=C\C)CC2=O.CC.CC. The van der Waals surface area contributed by atoms with Gasteiger partial charge < -0.3 is 0 Å². The second kappa shape index (κ2) is 8.46. The molecule has 0 saturated heterocycles. The molecule has 0 aromatic heterocycles. The number of ketones is 1. The second-order valence-corrected chi connectivity index (χ2v) is 3.39. The van der Waals surface area contributed by atoms with Crippen LogP contribution in [0.4, 0.5) is 0 Å². The van der Waals surface area contributed by atoms with Gasteiger partial charge in [-0.25, -0.2) is 0 Å². The van der Waals surface area contributed by atoms with Gasteiger partial charge in [-0.15, -0.1) is 0 Å². The van der Waals surface area contributed by atoms with Crippen LogP contribution in [0.2, 0.25) is 0 Å². The molecule has 1 aliphatic carbocycles. The number of hydrogen-bond donors (Lipinski definition) is 0. The van der Waals surface area contributed by atoms with Crippen molar-refractivity contribution in [1.29, 1.82) is 0 Å². The van der Waals surface area contributed by atoms with E-state index in [1.165, 1.54) is 0 Å². The summed E-state index contributed by atoms with van der Waals surface area (Å²) in [6.45, 7) is 13.7. The molecule has 0 spiro atoms. The van der Waals surface area contributed by atoms with Gasteiger partial charge in [0, 0.05) is 12.0 Å². The maximum absolute atomic E-state index is 11.6. The summed E-state index contributed by atoms with van der Waals surface area (Å²) in [6, 6.07) is 5.79. The number of fused-ring (bicyclic) bond motifs is 1. The lowest BCUT2D eigenvalue weighted by molar-refractivity contribution is 0.100. The number of allylic oxidation sites excluding steroid dienone is 2. The predicted molar refractivity (Wildman–Crippen MR) is 81.8 cm³/mol. The smallest absolute Gasteiger partial charge is 0.167 e. The van der Waals surface area contributed by atoms with Crippen molar-refractivity contribution < 1.29 is 4.79 Å². The topological polar surface area (TPSA) is 17.1 Å². The van der Waals surface area contributed by atoms with Gasteiger partial charge in [-0.3, -0.25) is 4.79 Å². The number of carbonyl (C=O) groups excluding carboxylic acids is 1. The van der Waals surface area contributed by atoms with Crippen molar-refractivity contribution in [2.45, 2.75) is 41.0 Å². The molecule has 0 bridgehead atoms. The third kappa shape index (κ3) is 3.19. The van der Waals surface area contributed by atoms with Crippen LogP contribution < -0.4 is 0 Å². The van der Waals surface area contributed by atoms with Crippen LogP contribution in [-0.2, 0) is 0 Å². The standard InChI is InChI=1S/C13H12O.2C2H6/c1-3-9-6-5-7-11-12(14)8-10(4-2)13(9)11;2*1-2/h3-7H,1,8H2,2H3;2*1-2H3/b10-4-;;. The Morgan fingerprint density at radius 3 is 2.28 bits per heavy atom. The molecule has 0 heterocycles. The van der Waals surface area contributed by atoms with Crippen LogP contribution in [-0.4, -0.2) is 5.78 Å². The van der Waals surface area contributed by atoms with Gasteiger partial charge in [0.15, 0.2) is 5.78 Å². The fourth-order valence-corrected chi connectivity index (χ4v) is 1.93. The lowest BCUT2D eigenvalue weighted by Crippen LogP contribution is -1.91. The molecule has 0 fully saturated rings. The van der Waals surface area contributed by atoms with Crippen molar-refractivity contribution in [3.8, 4) is 0 Å². The Bertz CT molecular complexity index is 439. The summed E-state index contributed by atoms with van der Waals surface area (Å²) in [5.41, 5.74) is 4.10. The van der Waals surface area contributed by atoms with Crippen molar-refractivity contribution in [1.82, 2.24) is 0 Å². The summed E-state index contributed by atoms with van der Waals surface area (Å²) in [4.78, 5) is 11.6. The number of rotatable bonds is 1. The average molecular weight is 244 g/mol. The number of carbonyl (C=O) groups is 1. The molecule has 1 aromatic rings. The normalized spacial score (nSPS) is 14.1. The minimum atomic E-state index is 0.219. The van der Waals surface area contributed by atoms with Crippen LogP contribution in [0.25, 0.3) is 11.6 Å². The summed E-state index contributed by atoms with van der Waals surface area (Å²) in [7, 11) is 0. The molecule has 98 valence electrons. The fraction of sp³-hybridized carbons (Fsp3) is 0.353. The van der Waals surface area contributed by atoms with Gasteiger partial charge in [0.25, 0.3) is 0 Å². The molecule has 0 amide bonds. The summed E-state index contributed by atoms with van der Waals surface area (Å²) in [5, 5.41) is 0. The Hall–Kier alpha value is -1.63. The van der Waals surface area contributed by atoms with E-state index in [4.69, 9.17) is 0 Å². The Labute approximate surface area is 111 Å². The molecular formula is C17H24O. The van der Waals surface area contributed by atoms with E-state index in [1.54, 1.807) is 6.08 Å². The Morgan fingerprint density at radius 2 is 1.78 bits per heavy atom. The minimum absolute atomic E-state index is 0.219. The molecule has 2 rings (SSSR count). The first-order valence-corrected chi connectivity index (χ1v) is 6.72. The number of benzene rings is 1. The van der Waals surface area contributed by atoms with Crippen LogP contribution in [0, 0.1) is 0 Å². The molecule has 0 radical (unpaired) electrons. The molecule has 1 aromatic carbocycles. The van der Waals surface area contributed by atoms with E-state index in [2.05, 4.69) is 6.58 Å². The molecule has 0 N–H and O–H groups in total. The van der Waals surface area contributed by atoms with E-state index >= 15 is 0 Å². The molecule has 1 heteroatoms. The average Bonchev–Trinajstić information content (AvgIpc) is 2.80. The van der Waals surface area contributed by atoms with Gasteiger partial charge in [-0.2, -0.15) is 0 Å². The highest BCUT2D eigenvalue weighted by molar-refractivity contribution is 6.13. The monoisotopic (exact) mass is 244 g/mol. The second-order valence-electron chi connectivity index (χ2n) is 3.39. The zero-order chi connectivity index (χ0) is 14.1. The van der Waals surface area contributed by atoms with Gasteiger partial charge in [0.05, 0.1) is 0 Å². The van der Waals surface area contributed by atoms with E-state index in [-0.39, 0.29) is 5.78 Å². The van der Waals surface area contributed by atoms with Gasteiger partial charge in [-0.05, 0) is 23.6 Å². The van der Waals surface area contributed by atoms with Gasteiger partial charge in [0.1, 0.15) is 0 Å². The van der Waals surface area contributed by atoms with E-state index in [0.29, 0.717) is 6.42 Å². The van der Waals surface area contributed by atoms with Crippen molar-refractivity contribution >= 4 is 17.4 Å². The molecule has 0 unspecified atom stereocenters. The Morgan fingerprint density at radius 1 is 1.17 bits per heavy atom. The minimum Gasteiger partial charge on any atom is -0.294 e. The maximum atomic E-state index is 11.6. The van der Waals surface area contributed by atoms with Crippen LogP contribution in [0.5, 0.6) is 0 Å². The largest absolute Gasteiger partial charge is 0.294 e. The first-order valence-electron chi connectivity index (χ1n) is 6.72. The number of Topliss-reactive ketones (excluding diaryl/α,β-unsaturated/α-hetero) is 1. The van der Waals surface area contributed by atoms with E-state index < -0.39 is 0 Å².